The lowest BCUT2D eigenvalue weighted by Gasteiger charge is -2.41. The molecule has 0 aliphatic carbocycles. The summed E-state index contributed by atoms with van der Waals surface area (Å²) < 4.78 is 0. The molecule has 1 heterocycles. The van der Waals surface area contributed by atoms with Gasteiger partial charge in [-0.3, -0.25) is 0 Å². The molecule has 0 unspecified atom stereocenters. The van der Waals surface area contributed by atoms with E-state index in [1.165, 1.54) is 5.57 Å². The molecule has 0 saturated heterocycles. The molecule has 0 bridgehead atoms. The summed E-state index contributed by atoms with van der Waals surface area (Å²) in [4.78, 5) is 2.25. The molecule has 3 heteroatoms. The standard InChI is InChI=1S/C20H19ClN2/c1-13-11-20(2,3)23(4)17-9-8-16(19(21)18(13)17)15-7-5-6-14(10-15)12-22/h5-11H,1-4H3. The van der Waals surface area contributed by atoms with Gasteiger partial charge < -0.3 is 4.90 Å². The molecule has 0 aromatic heterocycles. The monoisotopic (exact) mass is 322 g/mol. The maximum atomic E-state index is 9.11. The first-order chi connectivity index (χ1) is 10.8. The maximum Gasteiger partial charge on any atom is 0.0991 e. The molecule has 0 radical (unpaired) electrons. The highest BCUT2D eigenvalue weighted by Crippen LogP contribution is 2.45. The largest absolute Gasteiger partial charge is 0.365 e. The fraction of sp³-hybridized carbons (Fsp3) is 0.250. The van der Waals surface area contributed by atoms with Crippen LogP contribution in [0, 0.1) is 11.3 Å². The van der Waals surface area contributed by atoms with Crippen molar-refractivity contribution < 1.29 is 0 Å². The van der Waals surface area contributed by atoms with Gasteiger partial charge in [0.05, 0.1) is 22.2 Å². The Morgan fingerprint density at radius 1 is 1.17 bits per heavy atom. The summed E-state index contributed by atoms with van der Waals surface area (Å²) in [5, 5.41) is 9.85. The van der Waals surface area contributed by atoms with Gasteiger partial charge >= 0.3 is 0 Å². The minimum Gasteiger partial charge on any atom is -0.365 e. The normalized spacial score (nSPS) is 15.7. The van der Waals surface area contributed by atoms with Gasteiger partial charge in [0.15, 0.2) is 0 Å². The predicted octanol–water partition coefficient (Wildman–Crippen LogP) is 5.51. The number of fused-ring (bicyclic) bond motifs is 1. The number of halogens is 1. The van der Waals surface area contributed by atoms with E-state index in [1.807, 2.05) is 24.3 Å². The summed E-state index contributed by atoms with van der Waals surface area (Å²) in [7, 11) is 2.09. The summed E-state index contributed by atoms with van der Waals surface area (Å²) in [6.45, 7) is 6.49. The number of nitrogens with zero attached hydrogens (tertiary/aromatic N) is 2. The van der Waals surface area contributed by atoms with Gasteiger partial charge in [-0.2, -0.15) is 5.26 Å². The van der Waals surface area contributed by atoms with Crippen molar-refractivity contribution in [2.75, 3.05) is 11.9 Å². The van der Waals surface area contributed by atoms with Gasteiger partial charge in [-0.05, 0) is 50.1 Å². The molecule has 0 atom stereocenters. The number of hydrogen-bond donors (Lipinski definition) is 0. The van der Waals surface area contributed by atoms with Crippen LogP contribution in [0.25, 0.3) is 16.7 Å². The molecule has 1 aliphatic rings. The average molecular weight is 323 g/mol. The van der Waals surface area contributed by atoms with Crippen LogP contribution in [-0.2, 0) is 0 Å². The molecule has 0 N–H and O–H groups in total. The van der Waals surface area contributed by atoms with E-state index < -0.39 is 0 Å². The van der Waals surface area contributed by atoms with Crippen molar-refractivity contribution in [2.45, 2.75) is 26.3 Å². The molecule has 3 rings (SSSR count). The molecule has 2 aromatic carbocycles. The van der Waals surface area contributed by atoms with E-state index in [-0.39, 0.29) is 5.54 Å². The second kappa shape index (κ2) is 5.44. The van der Waals surface area contributed by atoms with Crippen LogP contribution in [0.1, 0.15) is 31.9 Å². The predicted molar refractivity (Wildman–Crippen MR) is 97.7 cm³/mol. The number of allylic oxidation sites excluding steroid dienone is 1. The Morgan fingerprint density at radius 3 is 2.61 bits per heavy atom. The molecule has 2 aromatic rings. The van der Waals surface area contributed by atoms with Crippen LogP contribution in [0.4, 0.5) is 5.69 Å². The average Bonchev–Trinajstić information content (AvgIpc) is 2.52. The molecule has 0 spiro atoms. The highest BCUT2D eigenvalue weighted by Gasteiger charge is 2.30. The number of likely N-dealkylation sites (N-methyl/N-ethyl adjacent to an activating group) is 1. The Bertz CT molecular complexity index is 856. The van der Waals surface area contributed by atoms with Crippen LogP contribution in [0.5, 0.6) is 0 Å². The van der Waals surface area contributed by atoms with Gasteiger partial charge in [0.2, 0.25) is 0 Å². The van der Waals surface area contributed by atoms with Crippen molar-refractivity contribution >= 4 is 22.9 Å². The zero-order valence-corrected chi connectivity index (χ0v) is 14.6. The van der Waals surface area contributed by atoms with Crippen LogP contribution in [0.2, 0.25) is 5.02 Å². The van der Waals surface area contributed by atoms with Crippen molar-refractivity contribution in [2.24, 2.45) is 0 Å². The Balaban J connectivity index is 2.22. The van der Waals surface area contributed by atoms with Crippen molar-refractivity contribution in [1.29, 1.82) is 5.26 Å². The number of benzene rings is 2. The summed E-state index contributed by atoms with van der Waals surface area (Å²) in [5.74, 6) is 0. The lowest BCUT2D eigenvalue weighted by atomic mass is 9.87. The van der Waals surface area contributed by atoms with Crippen molar-refractivity contribution in [1.82, 2.24) is 0 Å². The van der Waals surface area contributed by atoms with Crippen LogP contribution in [0.3, 0.4) is 0 Å². The van der Waals surface area contributed by atoms with Crippen LogP contribution < -0.4 is 4.90 Å². The second-order valence-corrected chi connectivity index (χ2v) is 6.93. The first kappa shape index (κ1) is 15.6. The van der Waals surface area contributed by atoms with Crippen LogP contribution in [-0.4, -0.2) is 12.6 Å². The topological polar surface area (TPSA) is 27.0 Å². The molecule has 0 saturated carbocycles. The van der Waals surface area contributed by atoms with Crippen LogP contribution in [0.15, 0.2) is 42.5 Å². The number of nitriles is 1. The Hall–Kier alpha value is -2.24. The fourth-order valence-electron chi connectivity index (χ4n) is 3.21. The van der Waals surface area contributed by atoms with Crippen molar-refractivity contribution in [3.05, 3.63) is 58.6 Å². The first-order valence-corrected chi connectivity index (χ1v) is 7.99. The third-order valence-corrected chi connectivity index (χ3v) is 5.01. The Kier molecular flexibility index (Phi) is 3.70. The third-order valence-electron chi connectivity index (χ3n) is 4.61. The Labute approximate surface area is 142 Å². The number of hydrogen-bond acceptors (Lipinski definition) is 2. The van der Waals surface area contributed by atoms with Gasteiger partial charge in [0.1, 0.15) is 0 Å². The number of rotatable bonds is 1. The van der Waals surface area contributed by atoms with Crippen molar-refractivity contribution in [3.8, 4) is 17.2 Å². The van der Waals surface area contributed by atoms with E-state index in [1.54, 1.807) is 6.07 Å². The van der Waals surface area contributed by atoms with E-state index in [0.29, 0.717) is 5.56 Å². The summed E-state index contributed by atoms with van der Waals surface area (Å²) in [6, 6.07) is 13.9. The smallest absolute Gasteiger partial charge is 0.0991 e. The van der Waals surface area contributed by atoms with Gasteiger partial charge in [0, 0.05) is 23.9 Å². The molecular weight excluding hydrogens is 304 g/mol. The summed E-state index contributed by atoms with van der Waals surface area (Å²) in [5.41, 5.74) is 5.94. The lowest BCUT2D eigenvalue weighted by Crippen LogP contribution is -2.42. The van der Waals surface area contributed by atoms with Gasteiger partial charge in [-0.25, -0.2) is 0 Å². The van der Waals surface area contributed by atoms with Gasteiger partial charge in [0.25, 0.3) is 0 Å². The summed E-state index contributed by atoms with van der Waals surface area (Å²) >= 11 is 6.76. The minimum absolute atomic E-state index is 0.0390. The summed E-state index contributed by atoms with van der Waals surface area (Å²) in [6.07, 6.45) is 2.25. The van der Waals surface area contributed by atoms with Crippen LogP contribution >= 0.6 is 11.6 Å². The SMILES string of the molecule is CC1=CC(C)(C)N(C)c2ccc(-c3cccc(C#N)c3)c(Cl)c21. The zero-order chi connectivity index (χ0) is 16.8. The number of anilines is 1. The van der Waals surface area contributed by atoms with Gasteiger partial charge in [-0.1, -0.05) is 35.9 Å². The van der Waals surface area contributed by atoms with Gasteiger partial charge in [-0.15, -0.1) is 0 Å². The maximum absolute atomic E-state index is 9.11. The quantitative estimate of drug-likeness (QED) is 0.692. The molecule has 0 fully saturated rings. The first-order valence-electron chi connectivity index (χ1n) is 7.62. The molecule has 1 aliphatic heterocycles. The molecular formula is C20H19ClN2. The van der Waals surface area contributed by atoms with Crippen molar-refractivity contribution in [3.63, 3.8) is 0 Å². The van der Waals surface area contributed by atoms with E-state index in [2.05, 4.69) is 50.9 Å². The zero-order valence-electron chi connectivity index (χ0n) is 13.8. The molecule has 0 amide bonds. The molecule has 116 valence electrons. The molecule has 2 nitrogen and oxygen atoms in total. The lowest BCUT2D eigenvalue weighted by molar-refractivity contribution is 0.598. The second-order valence-electron chi connectivity index (χ2n) is 6.55. The minimum atomic E-state index is -0.0390. The highest BCUT2D eigenvalue weighted by atomic mass is 35.5. The fourth-order valence-corrected chi connectivity index (χ4v) is 3.63. The Morgan fingerprint density at radius 2 is 1.91 bits per heavy atom. The van der Waals surface area contributed by atoms with E-state index in [4.69, 9.17) is 16.9 Å². The third kappa shape index (κ3) is 2.52. The van der Waals surface area contributed by atoms with E-state index in [0.717, 1.165) is 27.4 Å². The highest BCUT2D eigenvalue weighted by molar-refractivity contribution is 6.35. The van der Waals surface area contributed by atoms with E-state index >= 15 is 0 Å². The van der Waals surface area contributed by atoms with E-state index in [9.17, 15) is 0 Å². The molecule has 23 heavy (non-hydrogen) atoms.